The number of benzene rings is 2. The van der Waals surface area contributed by atoms with Crippen molar-refractivity contribution in [3.8, 4) is 17.2 Å². The molecule has 2 N–H and O–H groups in total. The van der Waals surface area contributed by atoms with E-state index in [4.69, 9.17) is 14.2 Å². The molecule has 0 unspecified atom stereocenters. The lowest BCUT2D eigenvalue weighted by atomic mass is 10.1. The highest BCUT2D eigenvalue weighted by atomic mass is 16.5. The molecule has 2 aromatic rings. The molecule has 0 spiro atoms. The second-order valence-electron chi connectivity index (χ2n) is 6.02. The van der Waals surface area contributed by atoms with Crippen LogP contribution in [-0.2, 0) is 13.0 Å². The van der Waals surface area contributed by atoms with Gasteiger partial charge in [0.15, 0.2) is 17.5 Å². The average molecular weight is 371 g/mol. The average Bonchev–Trinajstić information content (AvgIpc) is 2.70. The molecular formula is C21H29N3O3. The number of aliphatic imine (C=N–C) groups is 1. The topological polar surface area (TPSA) is 64.1 Å². The Morgan fingerprint density at radius 3 is 2.26 bits per heavy atom. The van der Waals surface area contributed by atoms with Crippen LogP contribution in [0.1, 0.15) is 16.7 Å². The summed E-state index contributed by atoms with van der Waals surface area (Å²) >= 11 is 0. The summed E-state index contributed by atoms with van der Waals surface area (Å²) in [4.78, 5) is 4.29. The molecule has 146 valence electrons. The third kappa shape index (κ3) is 5.29. The van der Waals surface area contributed by atoms with Crippen molar-refractivity contribution in [2.24, 2.45) is 4.99 Å². The lowest BCUT2D eigenvalue weighted by Crippen LogP contribution is -2.38. The number of nitrogens with zero attached hydrogens (tertiary/aromatic N) is 1. The Bertz CT molecular complexity index is 775. The molecule has 2 aromatic carbocycles. The maximum absolute atomic E-state index is 5.53. The molecule has 0 saturated carbocycles. The molecular weight excluding hydrogens is 342 g/mol. The number of hydrogen-bond acceptors (Lipinski definition) is 4. The molecule has 27 heavy (non-hydrogen) atoms. The van der Waals surface area contributed by atoms with Crippen molar-refractivity contribution < 1.29 is 14.2 Å². The maximum atomic E-state index is 5.53. The van der Waals surface area contributed by atoms with Gasteiger partial charge in [0.25, 0.3) is 0 Å². The second-order valence-corrected chi connectivity index (χ2v) is 6.02. The molecule has 0 aliphatic rings. The van der Waals surface area contributed by atoms with Crippen molar-refractivity contribution in [3.05, 3.63) is 53.1 Å². The van der Waals surface area contributed by atoms with E-state index in [2.05, 4.69) is 34.7 Å². The molecule has 0 saturated heterocycles. The molecule has 0 aliphatic heterocycles. The highest BCUT2D eigenvalue weighted by Gasteiger charge is 2.15. The smallest absolute Gasteiger partial charge is 0.203 e. The van der Waals surface area contributed by atoms with E-state index < -0.39 is 0 Å². The predicted molar refractivity (Wildman–Crippen MR) is 109 cm³/mol. The minimum absolute atomic E-state index is 0.611. The fraction of sp³-hybridized carbons (Fsp3) is 0.381. The van der Waals surface area contributed by atoms with E-state index in [0.29, 0.717) is 23.8 Å². The number of rotatable bonds is 8. The Balaban J connectivity index is 1.95. The summed E-state index contributed by atoms with van der Waals surface area (Å²) in [6.45, 7) is 3.54. The number of methoxy groups -OCH3 is 3. The summed E-state index contributed by atoms with van der Waals surface area (Å²) < 4.78 is 16.3. The van der Waals surface area contributed by atoms with E-state index >= 15 is 0 Å². The summed E-state index contributed by atoms with van der Waals surface area (Å²) in [5.74, 6) is 2.72. The van der Waals surface area contributed by atoms with E-state index in [-0.39, 0.29) is 0 Å². The first-order chi connectivity index (χ1) is 13.1. The SMILES string of the molecule is CN=C(NCCc1ccc(OC)c(OC)c1OC)NCc1ccccc1C. The molecule has 0 aromatic heterocycles. The van der Waals surface area contributed by atoms with E-state index in [1.807, 2.05) is 24.3 Å². The van der Waals surface area contributed by atoms with Crippen LogP contribution in [0.2, 0.25) is 0 Å². The van der Waals surface area contributed by atoms with Crippen LogP contribution < -0.4 is 24.8 Å². The van der Waals surface area contributed by atoms with Gasteiger partial charge in [0.2, 0.25) is 5.75 Å². The molecule has 0 atom stereocenters. The third-order valence-corrected chi connectivity index (χ3v) is 4.40. The van der Waals surface area contributed by atoms with Crippen LogP contribution in [-0.4, -0.2) is 40.9 Å². The van der Waals surface area contributed by atoms with Crippen molar-refractivity contribution >= 4 is 5.96 Å². The molecule has 0 bridgehead atoms. The van der Waals surface area contributed by atoms with E-state index in [9.17, 15) is 0 Å². The first-order valence-corrected chi connectivity index (χ1v) is 8.91. The van der Waals surface area contributed by atoms with Crippen LogP contribution in [0.15, 0.2) is 41.4 Å². The number of ether oxygens (including phenoxy) is 3. The Hall–Kier alpha value is -2.89. The van der Waals surface area contributed by atoms with Crippen LogP contribution in [0, 0.1) is 6.92 Å². The summed E-state index contributed by atoms with van der Waals surface area (Å²) in [7, 11) is 6.63. The van der Waals surface area contributed by atoms with Gasteiger partial charge in [-0.1, -0.05) is 30.3 Å². The van der Waals surface area contributed by atoms with Crippen molar-refractivity contribution in [3.63, 3.8) is 0 Å². The number of nitrogens with one attached hydrogen (secondary N) is 2. The standard InChI is InChI=1S/C21H29N3O3/c1-15-8-6-7-9-17(15)14-24-21(22-2)23-13-12-16-10-11-18(25-3)20(27-5)19(16)26-4/h6-11H,12-14H2,1-5H3,(H2,22,23,24). The molecule has 0 aliphatic carbocycles. The number of hydrogen-bond donors (Lipinski definition) is 2. The van der Waals surface area contributed by atoms with E-state index in [0.717, 1.165) is 24.5 Å². The monoisotopic (exact) mass is 371 g/mol. The summed E-state index contributed by atoms with van der Waals surface area (Å²) in [5.41, 5.74) is 3.55. The minimum atomic E-state index is 0.611. The van der Waals surface area contributed by atoms with Crippen molar-refractivity contribution in [2.45, 2.75) is 19.9 Å². The summed E-state index contributed by atoms with van der Waals surface area (Å²) in [6, 6.07) is 12.2. The van der Waals surface area contributed by atoms with Crippen molar-refractivity contribution in [1.82, 2.24) is 10.6 Å². The molecule has 6 heteroatoms. The van der Waals surface area contributed by atoms with E-state index in [1.54, 1.807) is 28.4 Å². The van der Waals surface area contributed by atoms with Gasteiger partial charge in [-0.15, -0.1) is 0 Å². The van der Waals surface area contributed by atoms with Crippen molar-refractivity contribution in [2.75, 3.05) is 34.9 Å². The van der Waals surface area contributed by atoms with Gasteiger partial charge < -0.3 is 24.8 Å². The lowest BCUT2D eigenvalue weighted by Gasteiger charge is -2.17. The lowest BCUT2D eigenvalue weighted by molar-refractivity contribution is 0.322. The zero-order valence-corrected chi connectivity index (χ0v) is 16.8. The number of aryl methyl sites for hydroxylation is 1. The fourth-order valence-corrected chi connectivity index (χ4v) is 2.88. The summed E-state index contributed by atoms with van der Waals surface area (Å²) in [6.07, 6.45) is 0.759. The largest absolute Gasteiger partial charge is 0.493 e. The van der Waals surface area contributed by atoms with Crippen LogP contribution in [0.5, 0.6) is 17.2 Å². The normalized spacial score (nSPS) is 11.1. The molecule has 0 amide bonds. The highest BCUT2D eigenvalue weighted by Crippen LogP contribution is 2.39. The minimum Gasteiger partial charge on any atom is -0.493 e. The van der Waals surface area contributed by atoms with Crippen LogP contribution in [0.4, 0.5) is 0 Å². The highest BCUT2D eigenvalue weighted by molar-refractivity contribution is 5.79. The Morgan fingerprint density at radius 1 is 0.889 bits per heavy atom. The molecule has 2 rings (SSSR count). The van der Waals surface area contributed by atoms with Gasteiger partial charge in [-0.05, 0) is 30.5 Å². The van der Waals surface area contributed by atoms with Gasteiger partial charge >= 0.3 is 0 Å². The third-order valence-electron chi connectivity index (χ3n) is 4.40. The summed E-state index contributed by atoms with van der Waals surface area (Å²) in [5, 5.41) is 6.68. The van der Waals surface area contributed by atoms with E-state index in [1.165, 1.54) is 11.1 Å². The molecule has 0 heterocycles. The van der Waals surface area contributed by atoms with Crippen LogP contribution in [0.3, 0.4) is 0 Å². The van der Waals surface area contributed by atoms with Crippen molar-refractivity contribution in [1.29, 1.82) is 0 Å². The zero-order valence-electron chi connectivity index (χ0n) is 16.8. The Kier molecular flexibility index (Phi) is 7.79. The number of guanidine groups is 1. The van der Waals surface area contributed by atoms with Gasteiger partial charge in [0.05, 0.1) is 21.3 Å². The maximum Gasteiger partial charge on any atom is 0.203 e. The van der Waals surface area contributed by atoms with Gasteiger partial charge in [-0.3, -0.25) is 4.99 Å². The Morgan fingerprint density at radius 2 is 1.63 bits per heavy atom. The second kappa shape index (κ2) is 10.3. The fourth-order valence-electron chi connectivity index (χ4n) is 2.88. The molecule has 0 fully saturated rings. The first kappa shape index (κ1) is 20.4. The first-order valence-electron chi connectivity index (χ1n) is 8.91. The molecule has 0 radical (unpaired) electrons. The molecule has 6 nitrogen and oxygen atoms in total. The van der Waals surface area contributed by atoms with Gasteiger partial charge in [-0.25, -0.2) is 0 Å². The Labute approximate surface area is 161 Å². The van der Waals surface area contributed by atoms with Gasteiger partial charge in [0, 0.05) is 25.7 Å². The quantitative estimate of drug-likeness (QED) is 0.552. The predicted octanol–water partition coefficient (Wildman–Crippen LogP) is 2.93. The van der Waals surface area contributed by atoms with Crippen LogP contribution >= 0.6 is 0 Å². The zero-order chi connectivity index (χ0) is 19.6. The van der Waals surface area contributed by atoms with Crippen LogP contribution in [0.25, 0.3) is 0 Å². The van der Waals surface area contributed by atoms with Gasteiger partial charge in [-0.2, -0.15) is 0 Å². The van der Waals surface area contributed by atoms with Gasteiger partial charge in [0.1, 0.15) is 0 Å².